The number of hydrogen-bond acceptors (Lipinski definition) is 1. The molecular formula is C13H22S. The summed E-state index contributed by atoms with van der Waals surface area (Å²) >= 11 is 1.92. The summed E-state index contributed by atoms with van der Waals surface area (Å²) in [6.45, 7) is 4.58. The molecule has 0 amide bonds. The van der Waals surface area contributed by atoms with Gasteiger partial charge in [-0.3, -0.25) is 0 Å². The molecule has 0 fully saturated rings. The first-order valence-corrected chi connectivity index (χ1v) is 6.79. The molecule has 0 spiro atoms. The number of unbranched alkanes of at least 4 members (excludes halogenated alkanes) is 3. The molecule has 1 unspecified atom stereocenters. The summed E-state index contributed by atoms with van der Waals surface area (Å²) < 4.78 is 0. The highest BCUT2D eigenvalue weighted by atomic mass is 32.1. The van der Waals surface area contributed by atoms with E-state index in [1.807, 2.05) is 11.3 Å². The van der Waals surface area contributed by atoms with E-state index in [2.05, 4.69) is 31.4 Å². The molecule has 0 saturated carbocycles. The molecule has 14 heavy (non-hydrogen) atoms. The summed E-state index contributed by atoms with van der Waals surface area (Å²) in [5, 5.41) is 2.20. The van der Waals surface area contributed by atoms with E-state index in [9.17, 15) is 0 Å². The van der Waals surface area contributed by atoms with Gasteiger partial charge in [-0.15, -0.1) is 11.3 Å². The molecule has 80 valence electrons. The first kappa shape index (κ1) is 11.8. The van der Waals surface area contributed by atoms with E-state index >= 15 is 0 Å². The van der Waals surface area contributed by atoms with Crippen LogP contribution in [0.5, 0.6) is 0 Å². The molecule has 0 aliphatic rings. The van der Waals surface area contributed by atoms with Gasteiger partial charge in [-0.1, -0.05) is 45.6 Å². The minimum atomic E-state index is 0.826. The Kier molecular flexibility index (Phi) is 5.93. The molecular weight excluding hydrogens is 188 g/mol. The standard InChI is InChI=1S/C13H22S/c1-3-5-6-7-9-12(4-2)13-10-8-11-14-13/h8,10-12H,3-7,9H2,1-2H3. The molecule has 1 aromatic heterocycles. The maximum absolute atomic E-state index is 2.31. The maximum Gasteiger partial charge on any atom is 0.00760 e. The second-order valence-electron chi connectivity index (χ2n) is 3.97. The van der Waals surface area contributed by atoms with Crippen LogP contribution >= 0.6 is 11.3 Å². The van der Waals surface area contributed by atoms with E-state index in [0.29, 0.717) is 0 Å². The van der Waals surface area contributed by atoms with E-state index in [-0.39, 0.29) is 0 Å². The first-order chi connectivity index (χ1) is 6.88. The van der Waals surface area contributed by atoms with Gasteiger partial charge in [-0.25, -0.2) is 0 Å². The van der Waals surface area contributed by atoms with Gasteiger partial charge >= 0.3 is 0 Å². The van der Waals surface area contributed by atoms with Crippen molar-refractivity contribution in [1.82, 2.24) is 0 Å². The van der Waals surface area contributed by atoms with Crippen molar-refractivity contribution < 1.29 is 0 Å². The van der Waals surface area contributed by atoms with Crippen LogP contribution in [0.25, 0.3) is 0 Å². The van der Waals surface area contributed by atoms with Crippen LogP contribution in [-0.2, 0) is 0 Å². The third kappa shape index (κ3) is 3.83. The molecule has 0 bridgehead atoms. The molecule has 1 aromatic rings. The van der Waals surface area contributed by atoms with Gasteiger partial charge in [-0.2, -0.15) is 0 Å². The smallest absolute Gasteiger partial charge is 0.00760 e. The minimum Gasteiger partial charge on any atom is -0.149 e. The lowest BCUT2D eigenvalue weighted by Crippen LogP contribution is -1.94. The van der Waals surface area contributed by atoms with Crippen molar-refractivity contribution in [1.29, 1.82) is 0 Å². The van der Waals surface area contributed by atoms with Crippen molar-refractivity contribution in [2.45, 2.75) is 58.3 Å². The van der Waals surface area contributed by atoms with Crippen molar-refractivity contribution in [3.05, 3.63) is 22.4 Å². The molecule has 1 rings (SSSR count). The van der Waals surface area contributed by atoms with Gasteiger partial charge in [0.1, 0.15) is 0 Å². The lowest BCUT2D eigenvalue weighted by atomic mass is 9.97. The molecule has 1 heterocycles. The van der Waals surface area contributed by atoms with E-state index in [1.54, 1.807) is 4.88 Å². The van der Waals surface area contributed by atoms with Gasteiger partial charge in [0.2, 0.25) is 0 Å². The Morgan fingerprint density at radius 1 is 1.21 bits per heavy atom. The van der Waals surface area contributed by atoms with Crippen LogP contribution < -0.4 is 0 Å². The Hall–Kier alpha value is -0.300. The monoisotopic (exact) mass is 210 g/mol. The molecule has 0 nitrogen and oxygen atoms in total. The lowest BCUT2D eigenvalue weighted by molar-refractivity contribution is 0.548. The third-order valence-electron chi connectivity index (χ3n) is 2.84. The van der Waals surface area contributed by atoms with Crippen LogP contribution in [0.15, 0.2) is 17.5 Å². The van der Waals surface area contributed by atoms with Crippen molar-refractivity contribution >= 4 is 11.3 Å². The highest BCUT2D eigenvalue weighted by molar-refractivity contribution is 7.10. The zero-order valence-corrected chi connectivity index (χ0v) is 10.3. The Morgan fingerprint density at radius 3 is 2.64 bits per heavy atom. The summed E-state index contributed by atoms with van der Waals surface area (Å²) in [5.41, 5.74) is 0. The zero-order valence-electron chi connectivity index (χ0n) is 9.46. The van der Waals surface area contributed by atoms with Crippen molar-refractivity contribution in [2.24, 2.45) is 0 Å². The number of thiophene rings is 1. The molecule has 0 aliphatic carbocycles. The summed E-state index contributed by atoms with van der Waals surface area (Å²) in [6, 6.07) is 4.47. The largest absolute Gasteiger partial charge is 0.149 e. The first-order valence-electron chi connectivity index (χ1n) is 5.91. The molecule has 0 aromatic carbocycles. The highest BCUT2D eigenvalue weighted by Crippen LogP contribution is 2.29. The van der Waals surface area contributed by atoms with Crippen molar-refractivity contribution in [2.75, 3.05) is 0 Å². The molecule has 1 atom stereocenters. The fourth-order valence-corrected chi connectivity index (χ4v) is 2.84. The molecule has 0 saturated heterocycles. The number of hydrogen-bond donors (Lipinski definition) is 0. The zero-order chi connectivity index (χ0) is 10.2. The normalized spacial score (nSPS) is 13.0. The quantitative estimate of drug-likeness (QED) is 0.542. The van der Waals surface area contributed by atoms with Gasteiger partial charge in [0.25, 0.3) is 0 Å². The Morgan fingerprint density at radius 2 is 2.07 bits per heavy atom. The summed E-state index contributed by atoms with van der Waals surface area (Å²) in [6.07, 6.45) is 8.25. The predicted octanol–water partition coefficient (Wildman–Crippen LogP) is 5.21. The van der Waals surface area contributed by atoms with E-state index in [1.165, 1.54) is 38.5 Å². The third-order valence-corrected chi connectivity index (χ3v) is 3.88. The lowest BCUT2D eigenvalue weighted by Gasteiger charge is -2.12. The Labute approximate surface area is 92.4 Å². The number of rotatable bonds is 7. The fourth-order valence-electron chi connectivity index (χ4n) is 1.89. The van der Waals surface area contributed by atoms with Gasteiger partial charge in [0.15, 0.2) is 0 Å². The van der Waals surface area contributed by atoms with Crippen LogP contribution in [0.4, 0.5) is 0 Å². The van der Waals surface area contributed by atoms with E-state index in [0.717, 1.165) is 5.92 Å². The molecule has 0 aliphatic heterocycles. The second kappa shape index (κ2) is 7.05. The van der Waals surface area contributed by atoms with Gasteiger partial charge in [-0.05, 0) is 30.2 Å². The topological polar surface area (TPSA) is 0 Å². The van der Waals surface area contributed by atoms with E-state index in [4.69, 9.17) is 0 Å². The second-order valence-corrected chi connectivity index (χ2v) is 4.95. The van der Waals surface area contributed by atoms with Crippen LogP contribution in [0, 0.1) is 0 Å². The molecule has 1 heteroatoms. The predicted molar refractivity (Wildman–Crippen MR) is 66.1 cm³/mol. The van der Waals surface area contributed by atoms with Crippen LogP contribution in [0.1, 0.15) is 63.2 Å². The van der Waals surface area contributed by atoms with Crippen molar-refractivity contribution in [3.8, 4) is 0 Å². The fraction of sp³-hybridized carbons (Fsp3) is 0.692. The molecule has 0 N–H and O–H groups in total. The van der Waals surface area contributed by atoms with Crippen LogP contribution in [0.2, 0.25) is 0 Å². The molecule has 0 radical (unpaired) electrons. The maximum atomic E-state index is 2.31. The average Bonchev–Trinajstić information content (AvgIpc) is 2.71. The average molecular weight is 210 g/mol. The van der Waals surface area contributed by atoms with Crippen LogP contribution in [0.3, 0.4) is 0 Å². The van der Waals surface area contributed by atoms with Crippen LogP contribution in [-0.4, -0.2) is 0 Å². The van der Waals surface area contributed by atoms with Gasteiger partial charge in [0.05, 0.1) is 0 Å². The van der Waals surface area contributed by atoms with Crippen molar-refractivity contribution in [3.63, 3.8) is 0 Å². The van der Waals surface area contributed by atoms with Gasteiger partial charge in [0, 0.05) is 4.88 Å². The van der Waals surface area contributed by atoms with Gasteiger partial charge < -0.3 is 0 Å². The minimum absolute atomic E-state index is 0.826. The summed E-state index contributed by atoms with van der Waals surface area (Å²) in [4.78, 5) is 1.59. The highest BCUT2D eigenvalue weighted by Gasteiger charge is 2.09. The van der Waals surface area contributed by atoms with E-state index < -0.39 is 0 Å². The summed E-state index contributed by atoms with van der Waals surface area (Å²) in [5.74, 6) is 0.826. The summed E-state index contributed by atoms with van der Waals surface area (Å²) in [7, 11) is 0. The Balaban J connectivity index is 2.26. The SMILES string of the molecule is CCCCCCC(CC)c1cccs1. The Bertz CT molecular complexity index is 213.